The first kappa shape index (κ1) is 18.3. The Morgan fingerprint density at radius 3 is 2.27 bits per heavy atom. The summed E-state index contributed by atoms with van der Waals surface area (Å²) in [7, 11) is 0. The number of aromatic nitrogens is 3. The van der Waals surface area contributed by atoms with Crippen molar-refractivity contribution >= 4 is 17.7 Å². The van der Waals surface area contributed by atoms with Crippen LogP contribution in [0.3, 0.4) is 0 Å². The number of likely N-dealkylation sites (tertiary alicyclic amines) is 2. The molecule has 3 amide bonds. The molecule has 9 heteroatoms. The molecule has 0 aliphatic carbocycles. The first-order valence-electron chi connectivity index (χ1n) is 9.00. The summed E-state index contributed by atoms with van der Waals surface area (Å²) in [6, 6.07) is 0. The maximum Gasteiger partial charge on any atom is 0.242 e. The summed E-state index contributed by atoms with van der Waals surface area (Å²) in [4.78, 5) is 40.8. The quantitative estimate of drug-likeness (QED) is 0.830. The molecule has 0 aromatic carbocycles. The summed E-state index contributed by atoms with van der Waals surface area (Å²) in [6.07, 6.45) is 4.36. The molecule has 1 aromatic heterocycles. The lowest BCUT2D eigenvalue weighted by Gasteiger charge is -2.34. The van der Waals surface area contributed by atoms with E-state index in [1.165, 1.54) is 17.3 Å². The fraction of sp³-hybridized carbons (Fsp3) is 0.706. The van der Waals surface area contributed by atoms with E-state index in [1.807, 2.05) is 20.8 Å². The van der Waals surface area contributed by atoms with Gasteiger partial charge in [0.05, 0.1) is 5.92 Å². The van der Waals surface area contributed by atoms with Gasteiger partial charge < -0.3 is 9.80 Å². The summed E-state index contributed by atoms with van der Waals surface area (Å²) < 4.78 is 1.42. The Morgan fingerprint density at radius 1 is 1.12 bits per heavy atom. The second-order valence-electron chi connectivity index (χ2n) is 8.02. The van der Waals surface area contributed by atoms with E-state index in [-0.39, 0.29) is 41.5 Å². The summed E-state index contributed by atoms with van der Waals surface area (Å²) in [5.74, 6) is -0.435. The van der Waals surface area contributed by atoms with Crippen LogP contribution in [0.5, 0.6) is 0 Å². The van der Waals surface area contributed by atoms with Crippen molar-refractivity contribution in [3.8, 4) is 0 Å². The summed E-state index contributed by atoms with van der Waals surface area (Å²) in [5.41, 5.74) is 2.45. The van der Waals surface area contributed by atoms with Crippen LogP contribution >= 0.6 is 0 Å². The molecule has 2 fully saturated rings. The minimum Gasteiger partial charge on any atom is -0.342 e. The van der Waals surface area contributed by atoms with Crippen LogP contribution in [-0.2, 0) is 14.4 Å². The average Bonchev–Trinajstić information content (AvgIpc) is 3.23. The monoisotopic (exact) mass is 362 g/mol. The second kappa shape index (κ2) is 7.05. The van der Waals surface area contributed by atoms with E-state index in [9.17, 15) is 14.4 Å². The fourth-order valence-corrected chi connectivity index (χ4v) is 3.62. The Bertz CT molecular complexity index is 673. The van der Waals surface area contributed by atoms with Gasteiger partial charge in [-0.3, -0.25) is 19.8 Å². The Hall–Kier alpha value is -2.45. The highest BCUT2D eigenvalue weighted by atomic mass is 16.2. The van der Waals surface area contributed by atoms with Gasteiger partial charge in [-0.15, -0.1) is 10.2 Å². The fourth-order valence-electron chi connectivity index (χ4n) is 3.62. The van der Waals surface area contributed by atoms with Crippen LogP contribution in [0.2, 0.25) is 0 Å². The minimum absolute atomic E-state index is 0.0303. The molecular formula is C17H26N6O3. The van der Waals surface area contributed by atoms with Crippen LogP contribution in [0, 0.1) is 11.8 Å². The zero-order valence-electron chi connectivity index (χ0n) is 15.5. The third-order valence-electron chi connectivity index (χ3n) is 5.12. The van der Waals surface area contributed by atoms with Gasteiger partial charge in [0, 0.05) is 37.5 Å². The Kier molecular flexibility index (Phi) is 4.97. The Labute approximate surface area is 152 Å². The summed E-state index contributed by atoms with van der Waals surface area (Å²) >= 11 is 0. The maximum atomic E-state index is 12.8. The average molecular weight is 362 g/mol. The van der Waals surface area contributed by atoms with Crippen LogP contribution in [0.1, 0.15) is 40.0 Å². The van der Waals surface area contributed by atoms with Gasteiger partial charge in [0.2, 0.25) is 17.7 Å². The molecule has 1 atom stereocenters. The van der Waals surface area contributed by atoms with Gasteiger partial charge in [-0.1, -0.05) is 0 Å². The lowest BCUT2D eigenvalue weighted by atomic mass is 9.95. The molecule has 26 heavy (non-hydrogen) atoms. The second-order valence-corrected chi connectivity index (χ2v) is 8.02. The molecule has 142 valence electrons. The number of hydrogen-bond donors (Lipinski definition) is 1. The van der Waals surface area contributed by atoms with Gasteiger partial charge in [-0.25, -0.2) is 4.68 Å². The highest BCUT2D eigenvalue weighted by molar-refractivity contribution is 5.90. The van der Waals surface area contributed by atoms with Crippen molar-refractivity contribution in [2.45, 2.75) is 45.6 Å². The molecule has 0 bridgehead atoms. The highest BCUT2D eigenvalue weighted by Crippen LogP contribution is 2.28. The highest BCUT2D eigenvalue weighted by Gasteiger charge is 2.41. The molecule has 3 heterocycles. The summed E-state index contributed by atoms with van der Waals surface area (Å²) in [6.45, 7) is 7.51. The third kappa shape index (κ3) is 3.86. The van der Waals surface area contributed by atoms with Gasteiger partial charge in [-0.05, 0) is 33.6 Å². The zero-order chi connectivity index (χ0) is 18.9. The van der Waals surface area contributed by atoms with Gasteiger partial charge in [0.15, 0.2) is 0 Å². The molecule has 0 radical (unpaired) electrons. The normalized spacial score (nSPS) is 22.0. The van der Waals surface area contributed by atoms with E-state index < -0.39 is 0 Å². The molecular weight excluding hydrogens is 336 g/mol. The summed E-state index contributed by atoms with van der Waals surface area (Å²) in [5, 5.41) is 7.29. The first-order chi connectivity index (χ1) is 12.3. The molecule has 1 N–H and O–H groups in total. The number of carbonyl (C=O) groups is 3. The van der Waals surface area contributed by atoms with Crippen molar-refractivity contribution < 1.29 is 14.4 Å². The number of rotatable bonds is 3. The first-order valence-corrected chi connectivity index (χ1v) is 9.00. The predicted octanol–water partition coefficient (Wildman–Crippen LogP) is 0.234. The van der Waals surface area contributed by atoms with Crippen LogP contribution < -0.4 is 5.43 Å². The molecule has 0 spiro atoms. The van der Waals surface area contributed by atoms with Crippen LogP contribution in [0.25, 0.3) is 0 Å². The van der Waals surface area contributed by atoms with E-state index in [0.717, 1.165) is 0 Å². The van der Waals surface area contributed by atoms with Crippen LogP contribution in [-0.4, -0.2) is 67.6 Å². The predicted molar refractivity (Wildman–Crippen MR) is 93.3 cm³/mol. The number of piperidine rings is 1. The van der Waals surface area contributed by atoms with Gasteiger partial charge in [0.1, 0.15) is 12.7 Å². The molecule has 1 unspecified atom stereocenters. The third-order valence-corrected chi connectivity index (χ3v) is 5.12. The van der Waals surface area contributed by atoms with E-state index in [0.29, 0.717) is 32.5 Å². The molecule has 2 aliphatic rings. The maximum absolute atomic E-state index is 12.8. The number of hydrogen-bond acceptors (Lipinski definition) is 5. The van der Waals surface area contributed by atoms with Gasteiger partial charge in [-0.2, -0.15) is 0 Å². The topological polar surface area (TPSA) is 100 Å². The van der Waals surface area contributed by atoms with Crippen LogP contribution in [0.15, 0.2) is 12.7 Å². The Morgan fingerprint density at radius 2 is 1.73 bits per heavy atom. The zero-order valence-corrected chi connectivity index (χ0v) is 15.5. The van der Waals surface area contributed by atoms with Gasteiger partial charge in [0.25, 0.3) is 0 Å². The number of amides is 3. The van der Waals surface area contributed by atoms with Crippen molar-refractivity contribution in [2.75, 3.05) is 25.1 Å². The molecule has 1 aromatic rings. The van der Waals surface area contributed by atoms with E-state index in [1.54, 1.807) is 9.80 Å². The number of carbonyl (C=O) groups excluding carboxylic acids is 3. The Balaban J connectivity index is 1.51. The molecule has 2 saturated heterocycles. The smallest absolute Gasteiger partial charge is 0.242 e. The SMILES string of the molecule is CC(C)(C)N1CC(C(=O)N2CCC(C(=O)Nn3cnnc3)CC2)CC1=O. The molecule has 2 aliphatic heterocycles. The van der Waals surface area contributed by atoms with Gasteiger partial charge >= 0.3 is 0 Å². The number of nitrogens with one attached hydrogen (secondary N) is 1. The van der Waals surface area contributed by atoms with E-state index >= 15 is 0 Å². The van der Waals surface area contributed by atoms with E-state index in [2.05, 4.69) is 15.6 Å². The molecule has 0 saturated carbocycles. The molecule has 9 nitrogen and oxygen atoms in total. The van der Waals surface area contributed by atoms with Crippen molar-refractivity contribution in [3.05, 3.63) is 12.7 Å². The van der Waals surface area contributed by atoms with Crippen LogP contribution in [0.4, 0.5) is 0 Å². The van der Waals surface area contributed by atoms with Crippen molar-refractivity contribution in [2.24, 2.45) is 11.8 Å². The van der Waals surface area contributed by atoms with Crippen molar-refractivity contribution in [3.63, 3.8) is 0 Å². The largest absolute Gasteiger partial charge is 0.342 e. The standard InChI is InChI=1S/C17H26N6O3/c1-17(2,3)23-9-13(8-14(23)24)16(26)21-6-4-12(5-7-21)15(25)20-22-10-18-19-11-22/h10-13H,4-9H2,1-3H3,(H,20,25). The lowest BCUT2D eigenvalue weighted by Crippen LogP contribution is -2.46. The van der Waals surface area contributed by atoms with Crippen molar-refractivity contribution in [1.82, 2.24) is 24.7 Å². The van der Waals surface area contributed by atoms with E-state index in [4.69, 9.17) is 0 Å². The lowest BCUT2D eigenvalue weighted by molar-refractivity contribution is -0.138. The number of nitrogens with zero attached hydrogens (tertiary/aromatic N) is 5. The minimum atomic E-state index is -0.274. The van der Waals surface area contributed by atoms with Crippen molar-refractivity contribution in [1.29, 1.82) is 0 Å². The molecule has 3 rings (SSSR count).